The number of ketones is 1. The minimum Gasteiger partial charge on any atom is -0.453 e. The van der Waals surface area contributed by atoms with Crippen LogP contribution in [-0.2, 0) is 9.53 Å². The van der Waals surface area contributed by atoms with Crippen molar-refractivity contribution in [2.45, 2.75) is 12.5 Å². The highest BCUT2D eigenvalue weighted by Gasteiger charge is 2.37. The van der Waals surface area contributed by atoms with Crippen molar-refractivity contribution in [2.24, 2.45) is 0 Å². The van der Waals surface area contributed by atoms with Gasteiger partial charge in [-0.3, -0.25) is 9.69 Å². The van der Waals surface area contributed by atoms with Crippen LogP contribution in [0.15, 0.2) is 24.3 Å². The van der Waals surface area contributed by atoms with Crippen molar-refractivity contribution < 1.29 is 18.7 Å². The molecular weight excluding hydrogens is 225 g/mol. The first-order valence-corrected chi connectivity index (χ1v) is 5.26. The number of halogens is 1. The zero-order valence-corrected chi connectivity index (χ0v) is 9.35. The Labute approximate surface area is 98.0 Å². The number of nitrogens with zero attached hydrogens (tertiary/aromatic N) is 1. The SMILES string of the molecule is COC(=O)N1CCC(=O)C1c1ccc(F)cc1. The highest BCUT2D eigenvalue weighted by Crippen LogP contribution is 2.29. The van der Waals surface area contributed by atoms with Gasteiger partial charge in [-0.15, -0.1) is 0 Å². The van der Waals surface area contributed by atoms with E-state index in [9.17, 15) is 14.0 Å². The fourth-order valence-corrected chi connectivity index (χ4v) is 2.00. The van der Waals surface area contributed by atoms with Gasteiger partial charge in [-0.05, 0) is 17.7 Å². The molecule has 1 heterocycles. The molecule has 4 nitrogen and oxygen atoms in total. The maximum absolute atomic E-state index is 12.8. The molecule has 1 aliphatic heterocycles. The summed E-state index contributed by atoms with van der Waals surface area (Å²) >= 11 is 0. The van der Waals surface area contributed by atoms with E-state index in [1.807, 2.05) is 0 Å². The normalized spacial score (nSPS) is 19.5. The van der Waals surface area contributed by atoms with E-state index in [1.54, 1.807) is 0 Å². The molecule has 90 valence electrons. The minimum atomic E-state index is -0.650. The molecule has 1 saturated heterocycles. The number of carbonyl (C=O) groups is 2. The number of ether oxygens (including phenoxy) is 1. The van der Waals surface area contributed by atoms with E-state index >= 15 is 0 Å². The molecule has 1 atom stereocenters. The monoisotopic (exact) mass is 237 g/mol. The predicted octanol–water partition coefficient (Wildman–Crippen LogP) is 1.91. The Kier molecular flexibility index (Phi) is 3.08. The highest BCUT2D eigenvalue weighted by atomic mass is 19.1. The molecule has 2 rings (SSSR count). The van der Waals surface area contributed by atoms with Gasteiger partial charge in [-0.2, -0.15) is 0 Å². The van der Waals surface area contributed by atoms with E-state index in [0.29, 0.717) is 18.5 Å². The third-order valence-electron chi connectivity index (χ3n) is 2.81. The van der Waals surface area contributed by atoms with Crippen molar-refractivity contribution in [1.82, 2.24) is 4.90 Å². The van der Waals surface area contributed by atoms with Crippen molar-refractivity contribution >= 4 is 11.9 Å². The molecular formula is C12H12FNO3. The van der Waals surface area contributed by atoms with E-state index < -0.39 is 12.1 Å². The smallest absolute Gasteiger partial charge is 0.410 e. The van der Waals surface area contributed by atoms with Crippen LogP contribution in [0.1, 0.15) is 18.0 Å². The summed E-state index contributed by atoms with van der Waals surface area (Å²) in [5.41, 5.74) is 0.610. The summed E-state index contributed by atoms with van der Waals surface area (Å²) in [5, 5.41) is 0. The van der Waals surface area contributed by atoms with E-state index in [-0.39, 0.29) is 11.6 Å². The maximum Gasteiger partial charge on any atom is 0.410 e. The van der Waals surface area contributed by atoms with Gasteiger partial charge in [0.25, 0.3) is 0 Å². The van der Waals surface area contributed by atoms with Gasteiger partial charge < -0.3 is 4.74 Å². The van der Waals surface area contributed by atoms with Crippen LogP contribution in [0.2, 0.25) is 0 Å². The zero-order valence-electron chi connectivity index (χ0n) is 9.35. The lowest BCUT2D eigenvalue weighted by molar-refractivity contribution is -0.119. The molecule has 0 N–H and O–H groups in total. The molecule has 0 radical (unpaired) electrons. The maximum atomic E-state index is 12.8. The number of methoxy groups -OCH3 is 1. The van der Waals surface area contributed by atoms with Crippen LogP contribution in [0.3, 0.4) is 0 Å². The second-order valence-electron chi connectivity index (χ2n) is 3.83. The Hall–Kier alpha value is -1.91. The molecule has 0 bridgehead atoms. The number of rotatable bonds is 1. The molecule has 17 heavy (non-hydrogen) atoms. The Morgan fingerprint density at radius 2 is 2.06 bits per heavy atom. The second kappa shape index (κ2) is 4.53. The van der Waals surface area contributed by atoms with E-state index in [2.05, 4.69) is 4.74 Å². The molecule has 1 unspecified atom stereocenters. The third kappa shape index (κ3) is 2.13. The molecule has 1 amide bonds. The van der Waals surface area contributed by atoms with Gasteiger partial charge in [0.15, 0.2) is 5.78 Å². The topological polar surface area (TPSA) is 46.6 Å². The number of Topliss-reactive ketones (excluding diaryl/α,β-unsaturated/α-hetero) is 1. The Morgan fingerprint density at radius 3 is 2.65 bits per heavy atom. The highest BCUT2D eigenvalue weighted by molar-refractivity contribution is 5.91. The van der Waals surface area contributed by atoms with E-state index in [4.69, 9.17) is 0 Å². The van der Waals surface area contributed by atoms with Crippen molar-refractivity contribution in [2.75, 3.05) is 13.7 Å². The lowest BCUT2D eigenvalue weighted by Gasteiger charge is -2.22. The predicted molar refractivity (Wildman–Crippen MR) is 57.9 cm³/mol. The van der Waals surface area contributed by atoms with Crippen LogP contribution < -0.4 is 0 Å². The third-order valence-corrected chi connectivity index (χ3v) is 2.81. The van der Waals surface area contributed by atoms with Crippen LogP contribution in [0.5, 0.6) is 0 Å². The minimum absolute atomic E-state index is 0.0537. The van der Waals surface area contributed by atoms with E-state index in [1.165, 1.54) is 36.3 Å². The summed E-state index contributed by atoms with van der Waals surface area (Å²) in [6.45, 7) is 0.341. The van der Waals surface area contributed by atoms with E-state index in [0.717, 1.165) is 0 Å². The van der Waals surface area contributed by atoms with Gasteiger partial charge in [0, 0.05) is 13.0 Å². The molecule has 1 fully saturated rings. The van der Waals surface area contributed by atoms with Crippen LogP contribution >= 0.6 is 0 Å². The second-order valence-corrected chi connectivity index (χ2v) is 3.83. The zero-order chi connectivity index (χ0) is 12.4. The van der Waals surface area contributed by atoms with Gasteiger partial charge in [-0.25, -0.2) is 9.18 Å². The number of hydrogen-bond acceptors (Lipinski definition) is 3. The number of amides is 1. The summed E-state index contributed by atoms with van der Waals surface area (Å²) in [6.07, 6.45) is -0.234. The molecule has 0 aromatic heterocycles. The largest absolute Gasteiger partial charge is 0.453 e. The number of hydrogen-bond donors (Lipinski definition) is 0. The molecule has 1 aromatic carbocycles. The van der Waals surface area contributed by atoms with Crippen LogP contribution in [-0.4, -0.2) is 30.4 Å². The summed E-state index contributed by atoms with van der Waals surface area (Å²) in [5.74, 6) is -0.425. The molecule has 0 spiro atoms. The fourth-order valence-electron chi connectivity index (χ4n) is 2.00. The molecule has 5 heteroatoms. The summed E-state index contributed by atoms with van der Waals surface area (Å²) in [6, 6.07) is 4.92. The first-order chi connectivity index (χ1) is 8.13. The van der Waals surface area contributed by atoms with Gasteiger partial charge in [0.2, 0.25) is 0 Å². The Morgan fingerprint density at radius 1 is 1.41 bits per heavy atom. The van der Waals surface area contributed by atoms with Crippen LogP contribution in [0, 0.1) is 5.82 Å². The fraction of sp³-hybridized carbons (Fsp3) is 0.333. The van der Waals surface area contributed by atoms with Gasteiger partial charge in [0.05, 0.1) is 7.11 Å². The quantitative estimate of drug-likeness (QED) is 0.749. The van der Waals surface area contributed by atoms with Crippen LogP contribution in [0.4, 0.5) is 9.18 Å². The molecule has 1 aliphatic rings. The average Bonchev–Trinajstić information content (AvgIpc) is 2.71. The lowest BCUT2D eigenvalue weighted by atomic mass is 10.0. The Balaban J connectivity index is 2.30. The first kappa shape index (κ1) is 11.6. The Bertz CT molecular complexity index is 444. The van der Waals surface area contributed by atoms with Crippen molar-refractivity contribution in [3.8, 4) is 0 Å². The number of benzene rings is 1. The standard InChI is InChI=1S/C12H12FNO3/c1-17-12(16)14-7-6-10(15)11(14)8-2-4-9(13)5-3-8/h2-5,11H,6-7H2,1H3. The number of carbonyl (C=O) groups excluding carboxylic acids is 2. The summed E-state index contributed by atoms with van der Waals surface area (Å²) < 4.78 is 17.4. The van der Waals surface area contributed by atoms with Crippen molar-refractivity contribution in [3.05, 3.63) is 35.6 Å². The molecule has 0 aliphatic carbocycles. The summed E-state index contributed by atoms with van der Waals surface area (Å²) in [7, 11) is 1.27. The van der Waals surface area contributed by atoms with Crippen molar-refractivity contribution in [1.29, 1.82) is 0 Å². The van der Waals surface area contributed by atoms with Crippen molar-refractivity contribution in [3.63, 3.8) is 0 Å². The average molecular weight is 237 g/mol. The van der Waals surface area contributed by atoms with Crippen LogP contribution in [0.25, 0.3) is 0 Å². The van der Waals surface area contributed by atoms with Gasteiger partial charge in [0.1, 0.15) is 11.9 Å². The summed E-state index contributed by atoms with van der Waals surface area (Å²) in [4.78, 5) is 24.6. The first-order valence-electron chi connectivity index (χ1n) is 5.26. The molecule has 0 saturated carbocycles. The lowest BCUT2D eigenvalue weighted by Crippen LogP contribution is -2.32. The van der Waals surface area contributed by atoms with Gasteiger partial charge >= 0.3 is 6.09 Å². The number of likely N-dealkylation sites (tertiary alicyclic amines) is 1. The van der Waals surface area contributed by atoms with Gasteiger partial charge in [-0.1, -0.05) is 12.1 Å². The molecule has 1 aromatic rings.